The van der Waals surface area contributed by atoms with E-state index in [1.54, 1.807) is 12.1 Å². The molecule has 1 aliphatic heterocycles. The predicted octanol–water partition coefficient (Wildman–Crippen LogP) is 4.17. The van der Waals surface area contributed by atoms with Crippen molar-refractivity contribution in [3.63, 3.8) is 0 Å². The van der Waals surface area contributed by atoms with Gasteiger partial charge in [0.05, 0.1) is 12.5 Å². The number of carbonyl (C=O) groups is 1. The first-order chi connectivity index (χ1) is 12.0. The van der Waals surface area contributed by atoms with Crippen LogP contribution in [0.1, 0.15) is 31.0 Å². The summed E-state index contributed by atoms with van der Waals surface area (Å²) in [4.78, 5) is 12.5. The van der Waals surface area contributed by atoms with E-state index in [4.69, 9.17) is 21.1 Å². The van der Waals surface area contributed by atoms with Crippen LogP contribution in [0.25, 0.3) is 0 Å². The minimum Gasteiger partial charge on any atom is -0.486 e. The second-order valence-corrected chi connectivity index (χ2v) is 6.93. The number of ether oxygens (including phenoxy) is 2. The van der Waals surface area contributed by atoms with Gasteiger partial charge in [0.2, 0.25) is 5.91 Å². The molecule has 1 atom stereocenters. The standard InChI is InChI=1S/C20H22ClNO3/c1-13(2)20(15-5-8-17-18(12-15)25-10-9-24-17)22-19(23)11-14-3-6-16(21)7-4-14/h3-8,12-13,20H,9-11H2,1-2H3,(H,22,23)/t20-/m0/s1. The van der Waals surface area contributed by atoms with Gasteiger partial charge in [0.25, 0.3) is 0 Å². The van der Waals surface area contributed by atoms with E-state index in [0.717, 1.165) is 22.6 Å². The average Bonchev–Trinajstić information content (AvgIpc) is 2.61. The average molecular weight is 360 g/mol. The molecule has 1 N–H and O–H groups in total. The highest BCUT2D eigenvalue weighted by atomic mass is 35.5. The summed E-state index contributed by atoms with van der Waals surface area (Å²) in [6.07, 6.45) is 0.324. The van der Waals surface area contributed by atoms with E-state index in [1.807, 2.05) is 30.3 Å². The Kier molecular flexibility index (Phi) is 5.49. The van der Waals surface area contributed by atoms with E-state index < -0.39 is 0 Å². The Morgan fingerprint density at radius 2 is 1.76 bits per heavy atom. The van der Waals surface area contributed by atoms with Crippen LogP contribution in [-0.4, -0.2) is 19.1 Å². The summed E-state index contributed by atoms with van der Waals surface area (Å²) >= 11 is 5.89. The van der Waals surface area contributed by atoms with Crippen LogP contribution in [0.5, 0.6) is 11.5 Å². The molecule has 2 aromatic carbocycles. The number of nitrogens with one attached hydrogen (secondary N) is 1. The highest BCUT2D eigenvalue weighted by Gasteiger charge is 2.21. The second kappa shape index (κ2) is 7.79. The Morgan fingerprint density at radius 1 is 1.08 bits per heavy atom. The molecule has 0 bridgehead atoms. The highest BCUT2D eigenvalue weighted by Crippen LogP contribution is 2.34. The molecule has 0 aliphatic carbocycles. The van der Waals surface area contributed by atoms with Crippen LogP contribution in [-0.2, 0) is 11.2 Å². The van der Waals surface area contributed by atoms with Gasteiger partial charge in [-0.05, 0) is 41.3 Å². The zero-order chi connectivity index (χ0) is 17.8. The van der Waals surface area contributed by atoms with E-state index in [2.05, 4.69) is 19.2 Å². The molecule has 0 aromatic heterocycles. The van der Waals surface area contributed by atoms with Crippen molar-refractivity contribution in [2.45, 2.75) is 26.3 Å². The number of hydrogen-bond donors (Lipinski definition) is 1. The molecule has 0 fully saturated rings. The molecule has 25 heavy (non-hydrogen) atoms. The largest absolute Gasteiger partial charge is 0.486 e. The molecular weight excluding hydrogens is 338 g/mol. The van der Waals surface area contributed by atoms with Gasteiger partial charge >= 0.3 is 0 Å². The smallest absolute Gasteiger partial charge is 0.224 e. The van der Waals surface area contributed by atoms with E-state index in [-0.39, 0.29) is 17.9 Å². The predicted molar refractivity (Wildman–Crippen MR) is 98.3 cm³/mol. The van der Waals surface area contributed by atoms with Crippen molar-refractivity contribution >= 4 is 17.5 Å². The van der Waals surface area contributed by atoms with Crippen LogP contribution < -0.4 is 14.8 Å². The first kappa shape index (κ1) is 17.6. The minimum absolute atomic E-state index is 0.0177. The maximum atomic E-state index is 12.5. The summed E-state index contributed by atoms with van der Waals surface area (Å²) in [5.41, 5.74) is 1.95. The number of hydrogen-bond acceptors (Lipinski definition) is 3. The third-order valence-corrected chi connectivity index (χ3v) is 4.44. The normalized spacial score (nSPS) is 14.2. The van der Waals surface area contributed by atoms with Gasteiger partial charge < -0.3 is 14.8 Å². The molecule has 1 aliphatic rings. The van der Waals surface area contributed by atoms with E-state index >= 15 is 0 Å². The van der Waals surface area contributed by atoms with Crippen LogP contribution in [0.2, 0.25) is 5.02 Å². The fourth-order valence-electron chi connectivity index (χ4n) is 2.90. The van der Waals surface area contributed by atoms with Crippen LogP contribution in [0.3, 0.4) is 0 Å². The topological polar surface area (TPSA) is 47.6 Å². The Balaban J connectivity index is 1.72. The van der Waals surface area contributed by atoms with Crippen molar-refractivity contribution in [2.24, 2.45) is 5.92 Å². The van der Waals surface area contributed by atoms with E-state index in [1.165, 1.54) is 0 Å². The molecule has 0 saturated heterocycles. The number of fused-ring (bicyclic) bond motifs is 1. The van der Waals surface area contributed by atoms with Gasteiger partial charge in [0.15, 0.2) is 11.5 Å². The maximum absolute atomic E-state index is 12.5. The summed E-state index contributed by atoms with van der Waals surface area (Å²) in [5.74, 6) is 1.72. The van der Waals surface area contributed by atoms with E-state index in [0.29, 0.717) is 24.7 Å². The van der Waals surface area contributed by atoms with Gasteiger partial charge in [-0.15, -0.1) is 0 Å². The molecule has 0 spiro atoms. The van der Waals surface area contributed by atoms with Crippen LogP contribution in [0.15, 0.2) is 42.5 Å². The lowest BCUT2D eigenvalue weighted by molar-refractivity contribution is -0.121. The molecule has 1 heterocycles. The highest BCUT2D eigenvalue weighted by molar-refractivity contribution is 6.30. The second-order valence-electron chi connectivity index (χ2n) is 6.50. The Hall–Kier alpha value is -2.20. The van der Waals surface area contributed by atoms with Crippen molar-refractivity contribution in [2.75, 3.05) is 13.2 Å². The Labute approximate surface area is 153 Å². The van der Waals surface area contributed by atoms with Crippen molar-refractivity contribution < 1.29 is 14.3 Å². The van der Waals surface area contributed by atoms with Crippen molar-refractivity contribution in [1.29, 1.82) is 0 Å². The van der Waals surface area contributed by atoms with E-state index in [9.17, 15) is 4.79 Å². The van der Waals surface area contributed by atoms with Gasteiger partial charge in [-0.1, -0.05) is 43.6 Å². The number of benzene rings is 2. The van der Waals surface area contributed by atoms with Gasteiger partial charge in [0, 0.05) is 5.02 Å². The zero-order valence-corrected chi connectivity index (χ0v) is 15.2. The van der Waals surface area contributed by atoms with Crippen LogP contribution >= 0.6 is 11.6 Å². The van der Waals surface area contributed by atoms with Gasteiger partial charge in [-0.25, -0.2) is 0 Å². The number of halogens is 1. The fraction of sp³-hybridized carbons (Fsp3) is 0.350. The Bertz CT molecular complexity index is 743. The summed E-state index contributed by atoms with van der Waals surface area (Å²) in [5, 5.41) is 3.80. The van der Waals surface area contributed by atoms with Crippen LogP contribution in [0, 0.1) is 5.92 Å². The van der Waals surface area contributed by atoms with Crippen LogP contribution in [0.4, 0.5) is 0 Å². The summed E-state index contributed by atoms with van der Waals surface area (Å²) in [6.45, 7) is 5.29. The molecule has 0 saturated carbocycles. The molecule has 2 aromatic rings. The Morgan fingerprint density at radius 3 is 2.44 bits per heavy atom. The lowest BCUT2D eigenvalue weighted by Crippen LogP contribution is -2.33. The monoisotopic (exact) mass is 359 g/mol. The number of rotatable bonds is 5. The SMILES string of the molecule is CC(C)[C@H](NC(=O)Cc1ccc(Cl)cc1)c1ccc2c(c1)OCCO2. The molecular formula is C20H22ClNO3. The number of amides is 1. The lowest BCUT2D eigenvalue weighted by atomic mass is 9.95. The maximum Gasteiger partial charge on any atom is 0.224 e. The lowest BCUT2D eigenvalue weighted by Gasteiger charge is -2.25. The molecule has 1 amide bonds. The fourth-order valence-corrected chi connectivity index (χ4v) is 3.03. The van der Waals surface area contributed by atoms with Gasteiger partial charge in [-0.2, -0.15) is 0 Å². The number of carbonyl (C=O) groups excluding carboxylic acids is 1. The molecule has 132 valence electrons. The first-order valence-electron chi connectivity index (χ1n) is 8.46. The minimum atomic E-state index is -0.0874. The molecule has 0 radical (unpaired) electrons. The third-order valence-electron chi connectivity index (χ3n) is 4.19. The third kappa shape index (κ3) is 4.45. The quantitative estimate of drug-likeness (QED) is 0.871. The summed E-state index contributed by atoms with van der Waals surface area (Å²) < 4.78 is 11.2. The van der Waals surface area contributed by atoms with Gasteiger partial charge in [0.1, 0.15) is 13.2 Å². The summed E-state index contributed by atoms with van der Waals surface area (Å²) in [7, 11) is 0. The molecule has 4 nitrogen and oxygen atoms in total. The first-order valence-corrected chi connectivity index (χ1v) is 8.84. The molecule has 3 rings (SSSR count). The summed E-state index contributed by atoms with van der Waals surface area (Å²) in [6, 6.07) is 13.1. The van der Waals surface area contributed by atoms with Crippen molar-refractivity contribution in [3.05, 3.63) is 58.6 Å². The molecule has 0 unspecified atom stereocenters. The molecule has 5 heteroatoms. The zero-order valence-electron chi connectivity index (χ0n) is 14.4. The van der Waals surface area contributed by atoms with Crippen molar-refractivity contribution in [3.8, 4) is 11.5 Å². The van der Waals surface area contributed by atoms with Gasteiger partial charge in [-0.3, -0.25) is 4.79 Å². The van der Waals surface area contributed by atoms with Crippen molar-refractivity contribution in [1.82, 2.24) is 5.32 Å².